The SMILES string of the molecule is Cc1ccc(CC(=O)N2CCN(c3cc(Cl)ccc3O[C@@H](C)C(=O)O)C[C@@H]2C)cc1. The number of carboxylic acids is 1. The van der Waals surface area contributed by atoms with Crippen LogP contribution >= 0.6 is 11.6 Å². The van der Waals surface area contributed by atoms with Crippen molar-refractivity contribution in [3.05, 3.63) is 58.6 Å². The highest BCUT2D eigenvalue weighted by molar-refractivity contribution is 6.31. The maximum absolute atomic E-state index is 12.8. The zero-order valence-corrected chi connectivity index (χ0v) is 18.2. The maximum Gasteiger partial charge on any atom is 0.344 e. The van der Waals surface area contributed by atoms with E-state index in [0.29, 0.717) is 36.8 Å². The summed E-state index contributed by atoms with van der Waals surface area (Å²) < 4.78 is 5.63. The molecular formula is C23H27ClN2O4. The molecule has 2 atom stereocenters. The minimum atomic E-state index is -1.03. The molecule has 0 unspecified atom stereocenters. The Bertz CT molecular complexity index is 916. The molecule has 2 aromatic carbocycles. The van der Waals surface area contributed by atoms with Crippen molar-refractivity contribution in [3.8, 4) is 5.75 Å². The Morgan fingerprint density at radius 1 is 1.20 bits per heavy atom. The molecule has 1 heterocycles. The molecule has 0 spiro atoms. The predicted octanol–water partition coefficient (Wildman–Crippen LogP) is 3.78. The van der Waals surface area contributed by atoms with E-state index in [1.807, 2.05) is 43.0 Å². The normalized spacial score (nSPS) is 17.5. The standard InChI is InChI=1S/C23H27ClN2O4/c1-15-4-6-18(7-5-15)12-22(27)26-11-10-25(14-16(26)2)20-13-19(24)8-9-21(20)30-17(3)23(28)29/h4-9,13,16-17H,10-12,14H2,1-3H3,(H,28,29)/t16-,17-/m0/s1. The van der Waals surface area contributed by atoms with E-state index in [9.17, 15) is 9.59 Å². The van der Waals surface area contributed by atoms with Crippen LogP contribution in [0.3, 0.4) is 0 Å². The van der Waals surface area contributed by atoms with Gasteiger partial charge in [-0.15, -0.1) is 0 Å². The first-order valence-corrected chi connectivity index (χ1v) is 10.4. The second kappa shape index (κ2) is 9.39. The van der Waals surface area contributed by atoms with Gasteiger partial charge >= 0.3 is 5.97 Å². The lowest BCUT2D eigenvalue weighted by molar-refractivity contribution is -0.144. The van der Waals surface area contributed by atoms with Crippen LogP contribution in [0.15, 0.2) is 42.5 Å². The number of carbonyl (C=O) groups is 2. The van der Waals surface area contributed by atoms with Crippen molar-refractivity contribution in [1.82, 2.24) is 4.90 Å². The lowest BCUT2D eigenvalue weighted by atomic mass is 10.1. The molecule has 1 saturated heterocycles. The predicted molar refractivity (Wildman–Crippen MR) is 117 cm³/mol. The van der Waals surface area contributed by atoms with Gasteiger partial charge in [0.25, 0.3) is 0 Å². The van der Waals surface area contributed by atoms with Crippen LogP contribution < -0.4 is 9.64 Å². The Kier molecular flexibility index (Phi) is 6.87. The lowest BCUT2D eigenvalue weighted by Gasteiger charge is -2.41. The van der Waals surface area contributed by atoms with Gasteiger partial charge in [0.05, 0.1) is 12.1 Å². The zero-order chi connectivity index (χ0) is 21.8. The molecule has 0 radical (unpaired) electrons. The number of aliphatic carboxylic acids is 1. The van der Waals surface area contributed by atoms with Crippen molar-refractivity contribution in [2.45, 2.75) is 39.3 Å². The molecule has 0 aliphatic carbocycles. The third-order valence-electron chi connectivity index (χ3n) is 5.34. The minimum Gasteiger partial charge on any atom is -0.479 e. The van der Waals surface area contributed by atoms with E-state index in [2.05, 4.69) is 4.90 Å². The second-order valence-electron chi connectivity index (χ2n) is 7.75. The summed E-state index contributed by atoms with van der Waals surface area (Å²) in [6.45, 7) is 7.33. The van der Waals surface area contributed by atoms with E-state index >= 15 is 0 Å². The number of benzene rings is 2. The lowest BCUT2D eigenvalue weighted by Crippen LogP contribution is -2.54. The van der Waals surface area contributed by atoms with Gasteiger partial charge in [-0.1, -0.05) is 41.4 Å². The summed E-state index contributed by atoms with van der Waals surface area (Å²) in [6.07, 6.45) is -0.591. The van der Waals surface area contributed by atoms with Crippen LogP contribution in [0.25, 0.3) is 0 Å². The van der Waals surface area contributed by atoms with Gasteiger partial charge in [0.1, 0.15) is 5.75 Å². The summed E-state index contributed by atoms with van der Waals surface area (Å²) >= 11 is 6.19. The van der Waals surface area contributed by atoms with E-state index in [4.69, 9.17) is 21.4 Å². The second-order valence-corrected chi connectivity index (χ2v) is 8.19. The van der Waals surface area contributed by atoms with Gasteiger partial charge in [-0.3, -0.25) is 4.79 Å². The van der Waals surface area contributed by atoms with Crippen LogP contribution in [0.1, 0.15) is 25.0 Å². The number of carbonyl (C=O) groups excluding carboxylic acids is 1. The van der Waals surface area contributed by atoms with Crippen LogP contribution in [0.4, 0.5) is 5.69 Å². The number of rotatable bonds is 6. The monoisotopic (exact) mass is 430 g/mol. The fraction of sp³-hybridized carbons (Fsp3) is 0.391. The summed E-state index contributed by atoms with van der Waals surface area (Å²) in [5.41, 5.74) is 2.92. The maximum atomic E-state index is 12.8. The molecule has 0 aromatic heterocycles. The van der Waals surface area contributed by atoms with E-state index in [-0.39, 0.29) is 11.9 Å². The highest BCUT2D eigenvalue weighted by Crippen LogP contribution is 2.33. The summed E-state index contributed by atoms with van der Waals surface area (Å²) in [5, 5.41) is 9.71. The molecule has 1 aliphatic heterocycles. The number of ether oxygens (including phenoxy) is 1. The number of nitrogens with zero attached hydrogens (tertiary/aromatic N) is 2. The quantitative estimate of drug-likeness (QED) is 0.755. The summed E-state index contributed by atoms with van der Waals surface area (Å²) in [7, 11) is 0. The Balaban J connectivity index is 1.70. The van der Waals surface area contributed by atoms with Gasteiger partial charge in [-0.2, -0.15) is 0 Å². The van der Waals surface area contributed by atoms with E-state index in [1.54, 1.807) is 18.2 Å². The number of amides is 1. The number of piperazine rings is 1. The van der Waals surface area contributed by atoms with Crippen molar-refractivity contribution in [1.29, 1.82) is 0 Å². The number of aryl methyl sites for hydroxylation is 1. The van der Waals surface area contributed by atoms with Crippen LogP contribution in [-0.4, -0.2) is 53.7 Å². The van der Waals surface area contributed by atoms with Gasteiger partial charge in [-0.05, 0) is 44.5 Å². The molecule has 7 heteroatoms. The Labute approximate surface area is 182 Å². The Morgan fingerprint density at radius 2 is 1.90 bits per heavy atom. The molecular weight excluding hydrogens is 404 g/mol. The van der Waals surface area contributed by atoms with Crippen LogP contribution in [0, 0.1) is 6.92 Å². The minimum absolute atomic E-state index is 0.000396. The van der Waals surface area contributed by atoms with E-state index in [0.717, 1.165) is 11.3 Å². The molecule has 0 saturated carbocycles. The van der Waals surface area contributed by atoms with Crippen molar-refractivity contribution in [2.24, 2.45) is 0 Å². The molecule has 0 bridgehead atoms. The van der Waals surface area contributed by atoms with Crippen LogP contribution in [0.2, 0.25) is 5.02 Å². The molecule has 6 nitrogen and oxygen atoms in total. The largest absolute Gasteiger partial charge is 0.479 e. The molecule has 1 fully saturated rings. The topological polar surface area (TPSA) is 70.1 Å². The van der Waals surface area contributed by atoms with E-state index < -0.39 is 12.1 Å². The highest BCUT2D eigenvalue weighted by Gasteiger charge is 2.29. The number of hydrogen-bond donors (Lipinski definition) is 1. The van der Waals surface area contributed by atoms with E-state index in [1.165, 1.54) is 12.5 Å². The van der Waals surface area contributed by atoms with Gasteiger partial charge in [-0.25, -0.2) is 4.79 Å². The van der Waals surface area contributed by atoms with Crippen molar-refractivity contribution in [2.75, 3.05) is 24.5 Å². The number of carboxylic acid groups (broad SMARTS) is 1. The van der Waals surface area contributed by atoms with Gasteiger partial charge in [0, 0.05) is 30.7 Å². The summed E-state index contributed by atoms with van der Waals surface area (Å²) in [4.78, 5) is 28.0. The fourth-order valence-corrected chi connectivity index (χ4v) is 3.77. The molecule has 3 rings (SSSR count). The molecule has 1 N–H and O–H groups in total. The Morgan fingerprint density at radius 3 is 2.53 bits per heavy atom. The third-order valence-corrected chi connectivity index (χ3v) is 5.57. The van der Waals surface area contributed by atoms with Gasteiger partial charge < -0.3 is 19.6 Å². The fourth-order valence-electron chi connectivity index (χ4n) is 3.61. The van der Waals surface area contributed by atoms with Crippen molar-refractivity contribution < 1.29 is 19.4 Å². The number of hydrogen-bond acceptors (Lipinski definition) is 4. The first kappa shape index (κ1) is 22.0. The zero-order valence-electron chi connectivity index (χ0n) is 17.5. The average Bonchev–Trinajstić information content (AvgIpc) is 2.70. The molecule has 1 aliphatic rings. The first-order chi connectivity index (χ1) is 14.2. The first-order valence-electron chi connectivity index (χ1n) is 10.0. The summed E-state index contributed by atoms with van der Waals surface area (Å²) in [5.74, 6) is -0.454. The molecule has 2 aromatic rings. The molecule has 160 valence electrons. The number of anilines is 1. The smallest absolute Gasteiger partial charge is 0.344 e. The van der Waals surface area contributed by atoms with Crippen LogP contribution in [0.5, 0.6) is 5.75 Å². The third kappa shape index (κ3) is 5.25. The van der Waals surface area contributed by atoms with Crippen LogP contribution in [-0.2, 0) is 16.0 Å². The van der Waals surface area contributed by atoms with Gasteiger partial charge in [0.15, 0.2) is 6.10 Å². The van der Waals surface area contributed by atoms with Crippen molar-refractivity contribution >= 4 is 29.2 Å². The molecule has 30 heavy (non-hydrogen) atoms. The summed E-state index contributed by atoms with van der Waals surface area (Å²) in [6, 6.07) is 13.2. The average molecular weight is 431 g/mol. The van der Waals surface area contributed by atoms with Crippen molar-refractivity contribution in [3.63, 3.8) is 0 Å². The molecule has 1 amide bonds. The number of halogens is 1. The highest BCUT2D eigenvalue weighted by atomic mass is 35.5. The Hall–Kier alpha value is -2.73. The van der Waals surface area contributed by atoms with Gasteiger partial charge in [0.2, 0.25) is 5.91 Å².